The number of carbonyl (C=O) groups is 1. The Kier molecular flexibility index (Phi) is 5.40. The van der Waals surface area contributed by atoms with Gasteiger partial charge in [0, 0.05) is 47.1 Å². The van der Waals surface area contributed by atoms with E-state index in [2.05, 4.69) is 42.7 Å². The van der Waals surface area contributed by atoms with Gasteiger partial charge in [-0.2, -0.15) is 0 Å². The third-order valence-electron chi connectivity index (χ3n) is 6.08. The summed E-state index contributed by atoms with van der Waals surface area (Å²) in [4.78, 5) is 28.3. The molecule has 0 fully saturated rings. The van der Waals surface area contributed by atoms with Gasteiger partial charge in [0.25, 0.3) is 5.91 Å². The number of hydrogen-bond donors (Lipinski definition) is 5. The Morgan fingerprint density at radius 1 is 1.14 bits per heavy atom. The first-order valence-electron chi connectivity index (χ1n) is 11.3. The van der Waals surface area contributed by atoms with Crippen molar-refractivity contribution in [2.24, 2.45) is 5.73 Å². The molecule has 6 rings (SSSR count). The Balaban J connectivity index is 1.13. The van der Waals surface area contributed by atoms with Crippen molar-refractivity contribution in [2.75, 3.05) is 17.2 Å². The van der Waals surface area contributed by atoms with Crippen LogP contribution >= 0.6 is 11.3 Å². The molecule has 2 aromatic carbocycles. The molecule has 1 atom stereocenters. The number of hydrogen-bond acceptors (Lipinski definition) is 6. The topological polar surface area (TPSA) is 125 Å². The molecular weight excluding hydrogens is 458 g/mol. The highest BCUT2D eigenvalue weighted by atomic mass is 32.1. The summed E-state index contributed by atoms with van der Waals surface area (Å²) in [6.07, 6.45) is 9.74. The van der Waals surface area contributed by atoms with E-state index in [0.29, 0.717) is 12.1 Å². The molecule has 0 saturated carbocycles. The zero-order chi connectivity index (χ0) is 23.8. The number of aromatic amines is 2. The maximum Gasteiger partial charge on any atom is 0.256 e. The number of benzene rings is 2. The van der Waals surface area contributed by atoms with Gasteiger partial charge in [0.05, 0.1) is 28.7 Å². The lowest BCUT2D eigenvalue weighted by Crippen LogP contribution is -2.31. The summed E-state index contributed by atoms with van der Waals surface area (Å²) in [6, 6.07) is 14.2. The van der Waals surface area contributed by atoms with Crippen molar-refractivity contribution in [3.63, 3.8) is 0 Å². The van der Waals surface area contributed by atoms with Crippen molar-refractivity contribution in [1.82, 2.24) is 19.9 Å². The first kappa shape index (κ1) is 21.3. The molecule has 0 bridgehead atoms. The monoisotopic (exact) mass is 481 g/mol. The number of thiazole rings is 1. The van der Waals surface area contributed by atoms with Gasteiger partial charge >= 0.3 is 0 Å². The van der Waals surface area contributed by atoms with E-state index in [1.54, 1.807) is 23.9 Å². The zero-order valence-electron chi connectivity index (χ0n) is 18.7. The molecule has 3 aromatic heterocycles. The normalized spacial score (nSPS) is 14.9. The molecule has 0 saturated heterocycles. The third kappa shape index (κ3) is 4.23. The van der Waals surface area contributed by atoms with Crippen molar-refractivity contribution in [3.05, 3.63) is 84.2 Å². The van der Waals surface area contributed by atoms with Gasteiger partial charge in [0.15, 0.2) is 5.13 Å². The Bertz CT molecular complexity index is 1550. The van der Waals surface area contributed by atoms with Crippen LogP contribution in [0.25, 0.3) is 33.0 Å². The van der Waals surface area contributed by atoms with Crippen LogP contribution in [0.15, 0.2) is 67.4 Å². The van der Waals surface area contributed by atoms with E-state index in [1.165, 1.54) is 10.9 Å². The predicted octanol–water partition coefficient (Wildman–Crippen LogP) is 4.49. The van der Waals surface area contributed by atoms with Gasteiger partial charge in [-0.3, -0.25) is 4.79 Å². The van der Waals surface area contributed by atoms with Crippen LogP contribution in [0.4, 0.5) is 10.8 Å². The summed E-state index contributed by atoms with van der Waals surface area (Å²) in [6.45, 7) is 0.620. The molecule has 6 N–H and O–H groups in total. The van der Waals surface area contributed by atoms with Gasteiger partial charge in [-0.15, -0.1) is 0 Å². The summed E-state index contributed by atoms with van der Waals surface area (Å²) in [5, 5.41) is 8.36. The first-order chi connectivity index (χ1) is 17.1. The fourth-order valence-electron chi connectivity index (χ4n) is 4.35. The number of amides is 1. The second-order valence-electron chi connectivity index (χ2n) is 8.51. The van der Waals surface area contributed by atoms with Gasteiger partial charge in [-0.1, -0.05) is 41.7 Å². The number of H-pyrrole nitrogens is 2. The smallest absolute Gasteiger partial charge is 0.256 e. The van der Waals surface area contributed by atoms with Crippen molar-refractivity contribution >= 4 is 50.6 Å². The first-order valence-corrected chi connectivity index (χ1v) is 12.1. The van der Waals surface area contributed by atoms with E-state index in [4.69, 9.17) is 5.73 Å². The number of nitrogens with one attached hydrogen (secondary N) is 4. The summed E-state index contributed by atoms with van der Waals surface area (Å²) in [5.74, 6) is -0.123. The van der Waals surface area contributed by atoms with Crippen molar-refractivity contribution in [2.45, 2.75) is 12.5 Å². The molecule has 5 aromatic rings. The number of anilines is 2. The van der Waals surface area contributed by atoms with E-state index < -0.39 is 0 Å². The average Bonchev–Trinajstić information content (AvgIpc) is 3.66. The number of carbonyl (C=O) groups excluding carboxylic acids is 1. The Morgan fingerprint density at radius 3 is 2.94 bits per heavy atom. The molecular formula is C26H23N7OS. The van der Waals surface area contributed by atoms with E-state index >= 15 is 0 Å². The summed E-state index contributed by atoms with van der Waals surface area (Å²) >= 11 is 1.56. The molecule has 0 unspecified atom stereocenters. The summed E-state index contributed by atoms with van der Waals surface area (Å²) in [5.41, 5.74) is 12.8. The standard InChI is InChI=1S/C26H23N7OS/c27-17(7-16-10-29-22-4-2-1-3-19(16)22)11-30-26-31-13-24(35-26)15-5-6-20-21(9-18-12-28-14-32-18)25(34)33-23(20)8-15/h1-6,8-10,12-14,17,29H,7,11,27H2,(H,28,32)(H,30,31)(H,33,34)/b21-9+/t17-/m0/s1. The molecule has 1 aliphatic heterocycles. The van der Waals surface area contributed by atoms with Crippen LogP contribution in [0.2, 0.25) is 0 Å². The number of aromatic nitrogens is 4. The molecule has 0 spiro atoms. The lowest BCUT2D eigenvalue weighted by atomic mass is 10.0. The van der Waals surface area contributed by atoms with Gasteiger partial charge < -0.3 is 26.3 Å². The van der Waals surface area contributed by atoms with Crippen molar-refractivity contribution in [3.8, 4) is 10.4 Å². The lowest BCUT2D eigenvalue weighted by molar-refractivity contribution is -0.110. The molecule has 4 heterocycles. The van der Waals surface area contributed by atoms with E-state index in [0.717, 1.165) is 44.5 Å². The number of imidazole rings is 1. The van der Waals surface area contributed by atoms with Crippen LogP contribution in [0.3, 0.4) is 0 Å². The molecule has 0 aliphatic carbocycles. The van der Waals surface area contributed by atoms with Gasteiger partial charge in [0.2, 0.25) is 0 Å². The number of rotatable bonds is 7. The Labute approximate surface area is 205 Å². The highest BCUT2D eigenvalue weighted by Gasteiger charge is 2.25. The molecule has 35 heavy (non-hydrogen) atoms. The van der Waals surface area contributed by atoms with Crippen molar-refractivity contribution in [1.29, 1.82) is 0 Å². The van der Waals surface area contributed by atoms with Crippen LogP contribution in [-0.2, 0) is 11.2 Å². The van der Waals surface area contributed by atoms with Crippen molar-refractivity contribution < 1.29 is 4.79 Å². The van der Waals surface area contributed by atoms with Crippen LogP contribution in [0.5, 0.6) is 0 Å². The zero-order valence-corrected chi connectivity index (χ0v) is 19.5. The second-order valence-corrected chi connectivity index (χ2v) is 9.54. The second kappa shape index (κ2) is 8.86. The van der Waals surface area contributed by atoms with Gasteiger partial charge in [0.1, 0.15) is 0 Å². The van der Waals surface area contributed by atoms with Gasteiger partial charge in [-0.05, 0) is 35.8 Å². The maximum absolute atomic E-state index is 12.5. The minimum atomic E-state index is -0.123. The van der Waals surface area contributed by atoms with Gasteiger partial charge in [-0.25, -0.2) is 9.97 Å². The molecule has 1 aliphatic rings. The largest absolute Gasteiger partial charge is 0.361 e. The Hall–Kier alpha value is -4.21. The summed E-state index contributed by atoms with van der Waals surface area (Å²) < 4.78 is 0. The third-order valence-corrected chi connectivity index (χ3v) is 7.09. The number of nitrogens with zero attached hydrogens (tertiary/aromatic N) is 2. The fourth-order valence-corrected chi connectivity index (χ4v) is 5.17. The van der Waals surface area contributed by atoms with Crippen LogP contribution in [0.1, 0.15) is 16.8 Å². The molecule has 8 nitrogen and oxygen atoms in total. The number of fused-ring (bicyclic) bond motifs is 2. The number of nitrogens with two attached hydrogens (primary N) is 1. The molecule has 0 radical (unpaired) electrons. The van der Waals surface area contributed by atoms with Crippen LogP contribution < -0.4 is 16.4 Å². The SMILES string of the molecule is N[C@H](CNc1ncc(-c2ccc3c(c2)NC(=O)/C3=C/c2cnc[nH]2)s1)Cc1c[nH]c2ccccc12. The molecule has 174 valence electrons. The van der Waals surface area contributed by atoms with E-state index in [-0.39, 0.29) is 11.9 Å². The highest BCUT2D eigenvalue weighted by molar-refractivity contribution is 7.18. The molecule has 9 heteroatoms. The average molecular weight is 482 g/mol. The minimum Gasteiger partial charge on any atom is -0.361 e. The van der Waals surface area contributed by atoms with E-state index in [9.17, 15) is 4.79 Å². The summed E-state index contributed by atoms with van der Waals surface area (Å²) in [7, 11) is 0. The fraction of sp³-hybridized carbons (Fsp3) is 0.115. The minimum absolute atomic E-state index is 0.0446. The Morgan fingerprint density at radius 2 is 2.06 bits per heavy atom. The van der Waals surface area contributed by atoms with Crippen LogP contribution in [0, 0.1) is 0 Å². The highest BCUT2D eigenvalue weighted by Crippen LogP contribution is 2.38. The molecule has 1 amide bonds. The quantitative estimate of drug-likeness (QED) is 0.219. The van der Waals surface area contributed by atoms with Crippen LogP contribution in [-0.4, -0.2) is 38.4 Å². The maximum atomic E-state index is 12.5. The van der Waals surface area contributed by atoms with E-state index in [1.807, 2.05) is 48.8 Å². The lowest BCUT2D eigenvalue weighted by Gasteiger charge is -2.11. The predicted molar refractivity (Wildman–Crippen MR) is 141 cm³/mol. The number of para-hydroxylation sites is 1.